The predicted molar refractivity (Wildman–Crippen MR) is 82.9 cm³/mol. The van der Waals surface area contributed by atoms with Crippen molar-refractivity contribution in [2.24, 2.45) is 5.41 Å². The molecule has 1 fully saturated rings. The van der Waals surface area contributed by atoms with Crippen LogP contribution in [0.3, 0.4) is 0 Å². The molecule has 1 saturated carbocycles. The Balaban J connectivity index is 2.44. The van der Waals surface area contributed by atoms with Gasteiger partial charge in [0.25, 0.3) is 0 Å². The summed E-state index contributed by atoms with van der Waals surface area (Å²) in [6.07, 6.45) is 2.32. The minimum absolute atomic E-state index is 0.130. The van der Waals surface area contributed by atoms with E-state index in [4.69, 9.17) is 14.2 Å². The molecule has 0 aliphatic heterocycles. The monoisotopic (exact) mass is 298 g/mol. The summed E-state index contributed by atoms with van der Waals surface area (Å²) < 4.78 is 17.0. The van der Waals surface area contributed by atoms with Crippen molar-refractivity contribution >= 4 is 5.97 Å². The van der Waals surface area contributed by atoms with Crippen molar-refractivity contribution in [3.63, 3.8) is 0 Å². The highest BCUT2D eigenvalue weighted by atomic mass is 16.7. The van der Waals surface area contributed by atoms with Crippen LogP contribution in [0, 0.1) is 5.41 Å². The lowest BCUT2D eigenvalue weighted by atomic mass is 9.99. The second-order valence-electron chi connectivity index (χ2n) is 7.92. The fraction of sp³-hybridized carbons (Fsp3) is 0.824. The topological polar surface area (TPSA) is 44.8 Å². The van der Waals surface area contributed by atoms with Gasteiger partial charge in [-0.1, -0.05) is 27.4 Å². The van der Waals surface area contributed by atoms with Crippen LogP contribution in [0.4, 0.5) is 0 Å². The lowest BCUT2D eigenvalue weighted by Gasteiger charge is -2.29. The molecule has 2 atom stereocenters. The van der Waals surface area contributed by atoms with Gasteiger partial charge in [0.05, 0.1) is 12.2 Å². The number of rotatable bonds is 6. The van der Waals surface area contributed by atoms with Crippen LogP contribution in [0.1, 0.15) is 60.8 Å². The summed E-state index contributed by atoms with van der Waals surface area (Å²) in [5.74, 6) is -0.328. The second-order valence-corrected chi connectivity index (χ2v) is 7.92. The first kappa shape index (κ1) is 18.2. The van der Waals surface area contributed by atoms with Gasteiger partial charge in [0.1, 0.15) is 12.4 Å². The average Bonchev–Trinajstić information content (AvgIpc) is 2.60. The minimum Gasteiger partial charge on any atom is -0.456 e. The third-order valence-electron chi connectivity index (χ3n) is 3.64. The van der Waals surface area contributed by atoms with Gasteiger partial charge in [0, 0.05) is 12.0 Å². The molecular formula is C17H30O4. The van der Waals surface area contributed by atoms with Crippen LogP contribution < -0.4 is 0 Å². The molecule has 1 aliphatic rings. The zero-order valence-electron chi connectivity index (χ0n) is 14.4. The second kappa shape index (κ2) is 6.49. The van der Waals surface area contributed by atoms with E-state index in [1.54, 1.807) is 6.92 Å². The lowest BCUT2D eigenvalue weighted by molar-refractivity contribution is -0.162. The van der Waals surface area contributed by atoms with Crippen molar-refractivity contribution in [3.05, 3.63) is 12.2 Å². The molecule has 0 aromatic heterocycles. The van der Waals surface area contributed by atoms with Crippen molar-refractivity contribution < 1.29 is 19.0 Å². The summed E-state index contributed by atoms with van der Waals surface area (Å²) in [4.78, 5) is 11.7. The van der Waals surface area contributed by atoms with Gasteiger partial charge in [-0.3, -0.25) is 0 Å². The largest absolute Gasteiger partial charge is 0.456 e. The van der Waals surface area contributed by atoms with Gasteiger partial charge in [-0.15, -0.1) is 0 Å². The maximum atomic E-state index is 11.7. The van der Waals surface area contributed by atoms with Crippen LogP contribution in [0.25, 0.3) is 0 Å². The maximum Gasteiger partial charge on any atom is 0.333 e. The van der Waals surface area contributed by atoms with Gasteiger partial charge < -0.3 is 14.2 Å². The Bertz CT molecular complexity index is 396. The molecule has 0 radical (unpaired) electrons. The van der Waals surface area contributed by atoms with Crippen molar-refractivity contribution in [2.45, 2.75) is 72.0 Å². The number of carbonyl (C=O) groups excluding carboxylic acids is 1. The van der Waals surface area contributed by atoms with Crippen LogP contribution in [0.15, 0.2) is 12.2 Å². The maximum absolute atomic E-state index is 11.7. The SMILES string of the molecule is C=C(C)C(=O)OC1(C)CCC(C)(OCOCC(C)(C)C)C1. The molecule has 4 heteroatoms. The van der Waals surface area contributed by atoms with Crippen molar-refractivity contribution in [3.8, 4) is 0 Å². The number of hydrogen-bond acceptors (Lipinski definition) is 4. The number of carbonyl (C=O) groups is 1. The Kier molecular flexibility index (Phi) is 5.62. The Morgan fingerprint density at radius 3 is 2.29 bits per heavy atom. The van der Waals surface area contributed by atoms with Crippen LogP contribution in [-0.4, -0.2) is 30.6 Å². The number of esters is 1. The summed E-state index contributed by atoms with van der Waals surface area (Å²) in [7, 11) is 0. The Hall–Kier alpha value is -0.870. The van der Waals surface area contributed by atoms with E-state index in [9.17, 15) is 4.79 Å². The molecule has 1 rings (SSSR count). The van der Waals surface area contributed by atoms with E-state index in [1.807, 2.05) is 13.8 Å². The normalized spacial score (nSPS) is 29.4. The molecule has 0 amide bonds. The Morgan fingerprint density at radius 1 is 1.19 bits per heavy atom. The fourth-order valence-corrected chi connectivity index (χ4v) is 2.55. The molecule has 0 aromatic rings. The first-order valence-corrected chi connectivity index (χ1v) is 7.55. The Labute approximate surface area is 128 Å². The molecule has 0 saturated heterocycles. The van der Waals surface area contributed by atoms with Crippen molar-refractivity contribution in [1.29, 1.82) is 0 Å². The van der Waals surface area contributed by atoms with Gasteiger partial charge in [-0.05, 0) is 39.0 Å². The summed E-state index contributed by atoms with van der Waals surface area (Å²) in [5.41, 5.74) is -0.221. The predicted octanol–water partition coefficient (Wildman–Crippen LogP) is 3.84. The molecule has 0 spiro atoms. The zero-order chi connectivity index (χ0) is 16.3. The highest BCUT2D eigenvalue weighted by Gasteiger charge is 2.46. The fourth-order valence-electron chi connectivity index (χ4n) is 2.55. The third kappa shape index (κ3) is 6.18. The molecular weight excluding hydrogens is 268 g/mol. The van der Waals surface area contributed by atoms with Gasteiger partial charge in [0.15, 0.2) is 0 Å². The summed E-state index contributed by atoms with van der Waals surface area (Å²) in [5, 5.41) is 0. The van der Waals surface area contributed by atoms with Gasteiger partial charge in [-0.2, -0.15) is 0 Å². The van der Waals surface area contributed by atoms with E-state index in [0.717, 1.165) is 12.8 Å². The van der Waals surface area contributed by atoms with Gasteiger partial charge in [-0.25, -0.2) is 4.79 Å². The quantitative estimate of drug-likeness (QED) is 0.323. The molecule has 122 valence electrons. The standard InChI is InChI=1S/C17H30O4/c1-13(2)14(18)21-17(7)9-8-16(6,10-17)20-12-19-11-15(3,4)5/h1,8-12H2,2-7H3. The minimum atomic E-state index is -0.477. The first-order valence-electron chi connectivity index (χ1n) is 7.55. The van der Waals surface area contributed by atoms with E-state index >= 15 is 0 Å². The van der Waals surface area contributed by atoms with Crippen molar-refractivity contribution in [2.75, 3.05) is 13.4 Å². The van der Waals surface area contributed by atoms with Gasteiger partial charge >= 0.3 is 5.97 Å². The molecule has 0 N–H and O–H groups in total. The van der Waals surface area contributed by atoms with Crippen LogP contribution in [-0.2, 0) is 19.0 Å². The van der Waals surface area contributed by atoms with Crippen molar-refractivity contribution in [1.82, 2.24) is 0 Å². The summed E-state index contributed by atoms with van der Waals surface area (Å²) in [6, 6.07) is 0. The van der Waals surface area contributed by atoms with Crippen LogP contribution >= 0.6 is 0 Å². The first-order chi connectivity index (χ1) is 9.45. The molecule has 0 bridgehead atoms. The summed E-state index contributed by atoms with van der Waals surface area (Å²) in [6.45, 7) is 16.6. The molecule has 1 aliphatic carbocycles. The van der Waals surface area contributed by atoms with E-state index in [0.29, 0.717) is 18.6 Å². The average molecular weight is 298 g/mol. The third-order valence-corrected chi connectivity index (χ3v) is 3.64. The molecule has 2 unspecified atom stereocenters. The Morgan fingerprint density at radius 2 is 1.76 bits per heavy atom. The highest BCUT2D eigenvalue weighted by molar-refractivity contribution is 5.87. The molecule has 4 nitrogen and oxygen atoms in total. The number of ether oxygens (including phenoxy) is 3. The summed E-state index contributed by atoms with van der Waals surface area (Å²) >= 11 is 0. The van der Waals surface area contributed by atoms with E-state index < -0.39 is 5.60 Å². The smallest absolute Gasteiger partial charge is 0.333 e. The zero-order valence-corrected chi connectivity index (χ0v) is 14.4. The van der Waals surface area contributed by atoms with Crippen LogP contribution in [0.5, 0.6) is 0 Å². The van der Waals surface area contributed by atoms with Gasteiger partial charge in [0.2, 0.25) is 0 Å². The van der Waals surface area contributed by atoms with E-state index in [-0.39, 0.29) is 23.8 Å². The highest BCUT2D eigenvalue weighted by Crippen LogP contribution is 2.42. The molecule has 0 heterocycles. The molecule has 0 aromatic carbocycles. The van der Waals surface area contributed by atoms with E-state index in [1.165, 1.54) is 0 Å². The number of hydrogen-bond donors (Lipinski definition) is 0. The van der Waals surface area contributed by atoms with Crippen LogP contribution in [0.2, 0.25) is 0 Å². The van der Waals surface area contributed by atoms with E-state index in [2.05, 4.69) is 27.4 Å². The molecule has 21 heavy (non-hydrogen) atoms. The lowest BCUT2D eigenvalue weighted by Crippen LogP contribution is -2.34.